The topological polar surface area (TPSA) is 29.1 Å². The Kier molecular flexibility index (Phi) is 5.10. The number of carbonyl (C=O) groups is 1. The number of halogens is 2. The van der Waals surface area contributed by atoms with Gasteiger partial charge in [-0.2, -0.15) is 0 Å². The average Bonchev–Trinajstić information content (AvgIpc) is 2.21. The maximum absolute atomic E-state index is 11.3. The Morgan fingerprint density at radius 2 is 1.88 bits per heavy atom. The lowest BCUT2D eigenvalue weighted by Gasteiger charge is -2.14. The van der Waals surface area contributed by atoms with Gasteiger partial charge in [-0.15, -0.1) is 11.6 Å². The van der Waals surface area contributed by atoms with Crippen LogP contribution < -0.4 is 5.32 Å². The standard InChI is InChI=1S/C12H15Cl2NO/c1-8(15-12(16)9(2)13)7-10-3-5-11(14)6-4-10/h3-6,8-9H,7H2,1-2H3,(H,15,16). The van der Waals surface area contributed by atoms with Gasteiger partial charge in [-0.05, 0) is 38.0 Å². The highest BCUT2D eigenvalue weighted by atomic mass is 35.5. The van der Waals surface area contributed by atoms with Crippen LogP contribution in [-0.4, -0.2) is 17.3 Å². The summed E-state index contributed by atoms with van der Waals surface area (Å²) in [6.45, 7) is 3.61. The van der Waals surface area contributed by atoms with Crippen molar-refractivity contribution in [2.45, 2.75) is 31.7 Å². The molecule has 1 rings (SSSR count). The molecule has 0 spiro atoms. The van der Waals surface area contributed by atoms with E-state index in [1.54, 1.807) is 6.92 Å². The van der Waals surface area contributed by atoms with Crippen molar-refractivity contribution in [3.63, 3.8) is 0 Å². The first-order valence-electron chi connectivity index (χ1n) is 5.18. The van der Waals surface area contributed by atoms with Gasteiger partial charge in [-0.1, -0.05) is 23.7 Å². The molecule has 1 N–H and O–H groups in total. The van der Waals surface area contributed by atoms with Crippen LogP contribution >= 0.6 is 23.2 Å². The summed E-state index contributed by atoms with van der Waals surface area (Å²) in [5, 5.41) is 3.06. The smallest absolute Gasteiger partial charge is 0.237 e. The molecule has 2 atom stereocenters. The highest BCUT2D eigenvalue weighted by molar-refractivity contribution is 6.30. The largest absolute Gasteiger partial charge is 0.352 e. The van der Waals surface area contributed by atoms with E-state index >= 15 is 0 Å². The van der Waals surface area contributed by atoms with Crippen molar-refractivity contribution in [2.24, 2.45) is 0 Å². The zero-order valence-electron chi connectivity index (χ0n) is 9.34. The van der Waals surface area contributed by atoms with Gasteiger partial charge in [-0.25, -0.2) is 0 Å². The summed E-state index contributed by atoms with van der Waals surface area (Å²) in [5.41, 5.74) is 1.14. The Balaban J connectivity index is 2.48. The first kappa shape index (κ1) is 13.3. The zero-order valence-corrected chi connectivity index (χ0v) is 10.8. The lowest BCUT2D eigenvalue weighted by atomic mass is 10.1. The minimum atomic E-state index is -0.493. The van der Waals surface area contributed by atoms with E-state index in [1.807, 2.05) is 31.2 Å². The third-order valence-corrected chi connectivity index (χ3v) is 2.66. The van der Waals surface area contributed by atoms with Crippen LogP contribution in [0.15, 0.2) is 24.3 Å². The zero-order chi connectivity index (χ0) is 12.1. The van der Waals surface area contributed by atoms with E-state index in [2.05, 4.69) is 5.32 Å². The summed E-state index contributed by atoms with van der Waals surface area (Å²) in [4.78, 5) is 11.3. The van der Waals surface area contributed by atoms with Crippen molar-refractivity contribution < 1.29 is 4.79 Å². The normalized spacial score (nSPS) is 14.2. The maximum atomic E-state index is 11.3. The van der Waals surface area contributed by atoms with Gasteiger partial charge >= 0.3 is 0 Å². The van der Waals surface area contributed by atoms with Crippen molar-refractivity contribution in [3.05, 3.63) is 34.9 Å². The Bertz CT molecular complexity index is 349. The van der Waals surface area contributed by atoms with Crippen molar-refractivity contribution in [3.8, 4) is 0 Å². The Hall–Kier alpha value is -0.730. The van der Waals surface area contributed by atoms with Gasteiger partial charge in [-0.3, -0.25) is 4.79 Å². The number of rotatable bonds is 4. The lowest BCUT2D eigenvalue weighted by Crippen LogP contribution is -2.37. The van der Waals surface area contributed by atoms with E-state index < -0.39 is 5.38 Å². The van der Waals surface area contributed by atoms with Crippen LogP contribution in [0, 0.1) is 0 Å². The van der Waals surface area contributed by atoms with Crippen LogP contribution in [-0.2, 0) is 11.2 Å². The molecule has 0 aliphatic carbocycles. The van der Waals surface area contributed by atoms with Crippen LogP contribution in [0.2, 0.25) is 5.02 Å². The Labute approximate surface area is 106 Å². The average molecular weight is 260 g/mol. The fourth-order valence-corrected chi connectivity index (χ4v) is 1.57. The predicted octanol–water partition coefficient (Wildman–Crippen LogP) is 3.01. The Morgan fingerprint density at radius 1 is 1.31 bits per heavy atom. The second-order valence-electron chi connectivity index (χ2n) is 3.86. The van der Waals surface area contributed by atoms with E-state index in [1.165, 1.54) is 0 Å². The predicted molar refractivity (Wildman–Crippen MR) is 68.1 cm³/mol. The van der Waals surface area contributed by atoms with Crippen LogP contribution in [0.1, 0.15) is 19.4 Å². The number of nitrogens with one attached hydrogen (secondary N) is 1. The van der Waals surface area contributed by atoms with Crippen molar-refractivity contribution in [1.29, 1.82) is 0 Å². The van der Waals surface area contributed by atoms with Crippen molar-refractivity contribution in [1.82, 2.24) is 5.32 Å². The summed E-state index contributed by atoms with van der Waals surface area (Å²) in [6, 6.07) is 7.66. The first-order chi connectivity index (χ1) is 7.49. The molecule has 0 fully saturated rings. The van der Waals surface area contributed by atoms with Crippen LogP contribution in [0.4, 0.5) is 0 Å². The molecule has 0 bridgehead atoms. The summed E-state index contributed by atoms with van der Waals surface area (Å²) in [5.74, 6) is -0.136. The fourth-order valence-electron chi connectivity index (χ4n) is 1.38. The molecule has 88 valence electrons. The molecule has 4 heteroatoms. The SMILES string of the molecule is CC(Cc1ccc(Cl)cc1)NC(=O)C(C)Cl. The van der Waals surface area contributed by atoms with Crippen LogP contribution in [0.5, 0.6) is 0 Å². The third-order valence-electron chi connectivity index (χ3n) is 2.21. The summed E-state index contributed by atoms with van der Waals surface area (Å²) in [7, 11) is 0. The Morgan fingerprint density at radius 3 is 2.38 bits per heavy atom. The molecule has 0 aliphatic rings. The van der Waals surface area contributed by atoms with E-state index in [9.17, 15) is 4.79 Å². The molecule has 0 aromatic heterocycles. The van der Waals surface area contributed by atoms with Crippen molar-refractivity contribution >= 4 is 29.1 Å². The minimum absolute atomic E-state index is 0.0647. The van der Waals surface area contributed by atoms with Gasteiger partial charge in [0.1, 0.15) is 5.38 Å². The van der Waals surface area contributed by atoms with Gasteiger partial charge in [0.25, 0.3) is 0 Å². The summed E-state index contributed by atoms with van der Waals surface area (Å²) >= 11 is 11.5. The van der Waals surface area contributed by atoms with Crippen LogP contribution in [0.25, 0.3) is 0 Å². The molecular formula is C12H15Cl2NO. The number of benzene rings is 1. The third kappa shape index (κ3) is 4.42. The lowest BCUT2D eigenvalue weighted by molar-refractivity contribution is -0.121. The first-order valence-corrected chi connectivity index (χ1v) is 5.99. The molecule has 0 saturated carbocycles. The van der Waals surface area contributed by atoms with Gasteiger partial charge in [0.05, 0.1) is 0 Å². The van der Waals surface area contributed by atoms with Gasteiger partial charge in [0.15, 0.2) is 0 Å². The molecule has 0 saturated heterocycles. The van der Waals surface area contributed by atoms with Gasteiger partial charge < -0.3 is 5.32 Å². The second kappa shape index (κ2) is 6.12. The number of amides is 1. The number of hydrogen-bond acceptors (Lipinski definition) is 1. The highest BCUT2D eigenvalue weighted by Crippen LogP contribution is 2.11. The molecule has 0 aliphatic heterocycles. The maximum Gasteiger partial charge on any atom is 0.237 e. The van der Waals surface area contributed by atoms with Gasteiger partial charge in [0.2, 0.25) is 5.91 Å². The van der Waals surface area contributed by atoms with E-state index in [0.717, 1.165) is 17.0 Å². The molecule has 2 nitrogen and oxygen atoms in total. The number of carbonyl (C=O) groups excluding carboxylic acids is 1. The monoisotopic (exact) mass is 259 g/mol. The molecule has 1 amide bonds. The molecule has 16 heavy (non-hydrogen) atoms. The summed E-state index contributed by atoms with van der Waals surface area (Å²) < 4.78 is 0. The number of alkyl halides is 1. The van der Waals surface area contributed by atoms with Crippen molar-refractivity contribution in [2.75, 3.05) is 0 Å². The molecule has 2 unspecified atom stereocenters. The van der Waals surface area contributed by atoms with Gasteiger partial charge in [0, 0.05) is 11.1 Å². The summed E-state index contributed by atoms with van der Waals surface area (Å²) in [6.07, 6.45) is 0.770. The quantitative estimate of drug-likeness (QED) is 0.828. The molecular weight excluding hydrogens is 245 g/mol. The molecule has 1 aromatic carbocycles. The number of hydrogen-bond donors (Lipinski definition) is 1. The second-order valence-corrected chi connectivity index (χ2v) is 4.95. The fraction of sp³-hybridized carbons (Fsp3) is 0.417. The van der Waals surface area contributed by atoms with E-state index in [0.29, 0.717) is 0 Å². The van der Waals surface area contributed by atoms with E-state index in [-0.39, 0.29) is 11.9 Å². The molecule has 1 aromatic rings. The van der Waals surface area contributed by atoms with E-state index in [4.69, 9.17) is 23.2 Å². The van der Waals surface area contributed by atoms with Crippen LogP contribution in [0.3, 0.4) is 0 Å². The minimum Gasteiger partial charge on any atom is -0.352 e. The molecule has 0 radical (unpaired) electrons. The highest BCUT2D eigenvalue weighted by Gasteiger charge is 2.12. The molecule has 0 heterocycles.